The van der Waals surface area contributed by atoms with E-state index in [1.165, 1.54) is 51.2 Å². The van der Waals surface area contributed by atoms with Crippen LogP contribution in [0.5, 0.6) is 0 Å². The molecule has 0 fully saturated rings. The Hall–Kier alpha value is -0.554. The molecule has 0 amide bonds. The number of carbonyl (C=O) groups excluding carboxylic acids is 2. The normalized spacial score (nSPS) is 10.3. The number of carboxylic acids is 1. The van der Waals surface area contributed by atoms with E-state index in [0.717, 1.165) is 12.8 Å². The number of hydrogen-bond acceptors (Lipinski definition) is 4. The third kappa shape index (κ3) is 19.4. The molecule has 4 nitrogen and oxygen atoms in total. The molecular weight excluding hydrogens is 280 g/mol. The molecule has 0 bridgehead atoms. The van der Waals surface area contributed by atoms with Crippen LogP contribution in [-0.4, -0.2) is 35.0 Å². The van der Waals surface area contributed by atoms with Crippen LogP contribution >= 0.6 is 0 Å². The molecular formula is C16H27MgO4+. The number of hydrogen-bond donors (Lipinski definition) is 0. The molecule has 0 aromatic heterocycles. The number of carboxylic acid groups (broad SMARTS) is 1. The van der Waals surface area contributed by atoms with Crippen molar-refractivity contribution in [2.24, 2.45) is 0 Å². The van der Waals surface area contributed by atoms with Crippen LogP contribution in [0.15, 0.2) is 12.3 Å². The predicted octanol–water partition coefficient (Wildman–Crippen LogP) is 2.72. The van der Waals surface area contributed by atoms with Crippen LogP contribution < -0.4 is 5.11 Å². The summed E-state index contributed by atoms with van der Waals surface area (Å²) in [6.07, 6.45) is 13.8. The second-order valence-corrected chi connectivity index (χ2v) is 5.00. The molecule has 0 radical (unpaired) electrons. The average molecular weight is 308 g/mol. The topological polar surface area (TPSA) is 66.4 Å². The van der Waals surface area contributed by atoms with Gasteiger partial charge in [-0.1, -0.05) is 51.9 Å². The number of allylic oxidation sites excluding steroid dienone is 1. The molecule has 0 N–H and O–H groups in total. The summed E-state index contributed by atoms with van der Waals surface area (Å²) in [6, 6.07) is 0. The van der Waals surface area contributed by atoms with Crippen molar-refractivity contribution in [2.75, 3.05) is 0 Å². The Morgan fingerprint density at radius 1 is 0.952 bits per heavy atom. The zero-order chi connectivity index (χ0) is 15.1. The van der Waals surface area contributed by atoms with Gasteiger partial charge in [0.1, 0.15) is 0 Å². The van der Waals surface area contributed by atoms with Crippen LogP contribution in [0.3, 0.4) is 0 Å². The molecule has 0 aliphatic carbocycles. The van der Waals surface area contributed by atoms with E-state index in [9.17, 15) is 14.7 Å². The molecule has 0 heterocycles. The van der Waals surface area contributed by atoms with Gasteiger partial charge in [0.25, 0.3) is 0 Å². The van der Waals surface area contributed by atoms with Gasteiger partial charge in [0.15, 0.2) is 0 Å². The maximum absolute atomic E-state index is 11.0. The minimum Gasteiger partial charge on any atom is -0.550 e. The van der Waals surface area contributed by atoms with Crippen LogP contribution in [0, 0.1) is 0 Å². The van der Waals surface area contributed by atoms with Gasteiger partial charge in [0, 0.05) is 5.97 Å². The van der Waals surface area contributed by atoms with Gasteiger partial charge in [-0.2, -0.15) is 0 Å². The first kappa shape index (κ1) is 22.7. The molecule has 21 heavy (non-hydrogen) atoms. The summed E-state index contributed by atoms with van der Waals surface area (Å²) in [5, 5.41) is 10.1. The Morgan fingerprint density at radius 2 is 1.52 bits per heavy atom. The van der Waals surface area contributed by atoms with Crippen molar-refractivity contribution in [3.8, 4) is 0 Å². The fourth-order valence-corrected chi connectivity index (χ4v) is 1.85. The second-order valence-electron chi connectivity index (χ2n) is 5.00. The SMILES string of the molecule is CCCCCCCCCC/C=C/OC(=O)CCC(=O)[O-].[Mg+2]. The molecule has 0 aromatic rings. The maximum Gasteiger partial charge on any atom is 2.00 e. The number of unbranched alkanes of at least 4 members (excludes halogenated alkanes) is 8. The van der Waals surface area contributed by atoms with Gasteiger partial charge in [0.2, 0.25) is 0 Å². The van der Waals surface area contributed by atoms with Gasteiger partial charge in [-0.15, -0.1) is 0 Å². The van der Waals surface area contributed by atoms with Crippen LogP contribution in [0.25, 0.3) is 0 Å². The smallest absolute Gasteiger partial charge is 0.550 e. The quantitative estimate of drug-likeness (QED) is 0.227. The minimum absolute atomic E-state index is 0. The minimum atomic E-state index is -1.23. The number of aliphatic carboxylic acids is 1. The molecule has 0 rings (SSSR count). The van der Waals surface area contributed by atoms with Gasteiger partial charge in [-0.25, -0.2) is 0 Å². The Balaban J connectivity index is 0. The Morgan fingerprint density at radius 3 is 2.10 bits per heavy atom. The second kappa shape index (κ2) is 17.5. The molecule has 0 spiro atoms. The number of rotatable bonds is 13. The fourth-order valence-electron chi connectivity index (χ4n) is 1.85. The zero-order valence-electron chi connectivity index (χ0n) is 13.3. The Labute approximate surface area is 144 Å². The van der Waals surface area contributed by atoms with Crippen LogP contribution in [0.1, 0.15) is 77.6 Å². The monoisotopic (exact) mass is 307 g/mol. The Bertz CT molecular complexity index is 290. The van der Waals surface area contributed by atoms with Crippen molar-refractivity contribution in [2.45, 2.75) is 77.6 Å². The van der Waals surface area contributed by atoms with E-state index in [1.54, 1.807) is 0 Å². The predicted molar refractivity (Wildman–Crippen MR) is 82.5 cm³/mol. The summed E-state index contributed by atoms with van der Waals surface area (Å²) in [6.45, 7) is 2.22. The fraction of sp³-hybridized carbons (Fsp3) is 0.750. The van der Waals surface area contributed by atoms with E-state index in [4.69, 9.17) is 4.74 Å². The van der Waals surface area contributed by atoms with E-state index in [2.05, 4.69) is 6.92 Å². The van der Waals surface area contributed by atoms with E-state index >= 15 is 0 Å². The molecule has 116 valence electrons. The summed E-state index contributed by atoms with van der Waals surface area (Å²) < 4.78 is 4.75. The van der Waals surface area contributed by atoms with Gasteiger partial charge >= 0.3 is 29.0 Å². The molecule has 0 atom stereocenters. The van der Waals surface area contributed by atoms with Gasteiger partial charge in [-0.3, -0.25) is 4.79 Å². The Kier molecular flexibility index (Phi) is 18.9. The number of ether oxygens (including phenoxy) is 1. The molecule has 0 aliphatic rings. The van der Waals surface area contributed by atoms with Crippen molar-refractivity contribution in [3.63, 3.8) is 0 Å². The molecule has 0 aromatic carbocycles. The molecule has 0 saturated heterocycles. The van der Waals surface area contributed by atoms with Crippen LogP contribution in [0.2, 0.25) is 0 Å². The van der Waals surface area contributed by atoms with E-state index in [-0.39, 0.29) is 35.9 Å². The third-order valence-corrected chi connectivity index (χ3v) is 3.05. The zero-order valence-corrected chi connectivity index (χ0v) is 14.7. The first-order chi connectivity index (χ1) is 9.66. The van der Waals surface area contributed by atoms with Crippen molar-refractivity contribution < 1.29 is 19.4 Å². The van der Waals surface area contributed by atoms with Gasteiger partial charge in [-0.05, 0) is 25.3 Å². The summed E-state index contributed by atoms with van der Waals surface area (Å²) in [5.74, 6) is -1.76. The standard InChI is InChI=1S/C16H28O4.Mg/c1-2-3-4-5-6-7-8-9-10-11-14-20-16(19)13-12-15(17)18;/h11,14H,2-10,12-13H2,1H3,(H,17,18);/q;+2/p-1/b14-11+;. The molecule has 0 aliphatic heterocycles. The van der Waals surface area contributed by atoms with Gasteiger partial charge < -0.3 is 14.6 Å². The van der Waals surface area contributed by atoms with Crippen molar-refractivity contribution >= 4 is 35.0 Å². The molecule has 5 heteroatoms. The van der Waals surface area contributed by atoms with Crippen molar-refractivity contribution in [3.05, 3.63) is 12.3 Å². The van der Waals surface area contributed by atoms with E-state index in [1.807, 2.05) is 6.08 Å². The summed E-state index contributed by atoms with van der Waals surface area (Å²) >= 11 is 0. The van der Waals surface area contributed by atoms with E-state index in [0.29, 0.717) is 0 Å². The van der Waals surface area contributed by atoms with Crippen LogP contribution in [0.4, 0.5) is 0 Å². The van der Waals surface area contributed by atoms with E-state index < -0.39 is 11.9 Å². The average Bonchev–Trinajstić information content (AvgIpc) is 2.42. The van der Waals surface area contributed by atoms with Crippen molar-refractivity contribution in [1.29, 1.82) is 0 Å². The first-order valence-electron chi connectivity index (χ1n) is 7.71. The summed E-state index contributed by atoms with van der Waals surface area (Å²) in [4.78, 5) is 21.2. The largest absolute Gasteiger partial charge is 2.00 e. The van der Waals surface area contributed by atoms with Gasteiger partial charge in [0.05, 0.1) is 12.7 Å². The number of carbonyl (C=O) groups is 2. The molecule has 0 saturated carbocycles. The maximum atomic E-state index is 11.0. The molecule has 0 unspecified atom stereocenters. The first-order valence-corrected chi connectivity index (χ1v) is 7.71. The van der Waals surface area contributed by atoms with Crippen molar-refractivity contribution in [1.82, 2.24) is 0 Å². The summed E-state index contributed by atoms with van der Waals surface area (Å²) in [7, 11) is 0. The summed E-state index contributed by atoms with van der Waals surface area (Å²) in [5.41, 5.74) is 0. The van der Waals surface area contributed by atoms with Crippen LogP contribution in [-0.2, 0) is 14.3 Å². The number of esters is 1. The third-order valence-electron chi connectivity index (χ3n) is 3.05.